The minimum Gasteiger partial charge on any atom is -0.326 e. The van der Waals surface area contributed by atoms with Crippen LogP contribution < -0.4 is 10.6 Å². The van der Waals surface area contributed by atoms with Gasteiger partial charge in [-0.2, -0.15) is 5.10 Å². The smallest absolute Gasteiger partial charge is 0.236 e. The molecule has 9 heteroatoms. The van der Waals surface area contributed by atoms with Gasteiger partial charge in [0, 0.05) is 47.7 Å². The molecule has 0 spiro atoms. The van der Waals surface area contributed by atoms with E-state index in [1.807, 2.05) is 53.9 Å². The second-order valence-electron chi connectivity index (χ2n) is 5.95. The first-order valence-corrected chi connectivity index (χ1v) is 9.07. The van der Waals surface area contributed by atoms with Crippen molar-refractivity contribution in [2.45, 2.75) is 23.8 Å². The number of carbonyl (C=O) groups excluding carboxylic acids is 1. The van der Waals surface area contributed by atoms with Crippen LogP contribution in [-0.2, 0) is 4.79 Å². The van der Waals surface area contributed by atoms with Crippen molar-refractivity contribution in [2.24, 2.45) is 0 Å². The van der Waals surface area contributed by atoms with Crippen LogP contribution in [0.1, 0.15) is 12.6 Å². The summed E-state index contributed by atoms with van der Waals surface area (Å²) in [6.45, 7) is 3.44. The monoisotopic (exact) mass is 379 g/mol. The van der Waals surface area contributed by atoms with Gasteiger partial charge >= 0.3 is 0 Å². The fraction of sp³-hybridized carbons (Fsp3) is 0.111. The quantitative estimate of drug-likeness (QED) is 0.458. The summed E-state index contributed by atoms with van der Waals surface area (Å²) in [4.78, 5) is 21.0. The highest BCUT2D eigenvalue weighted by Crippen LogP contribution is 2.30. The third-order valence-corrected chi connectivity index (χ3v) is 4.64. The molecule has 0 unspecified atom stereocenters. The molecule has 0 fully saturated rings. The number of fused-ring (bicyclic) bond motifs is 1. The number of carbonyl (C=O) groups is 1. The number of aryl methyl sites for hydroxylation is 1. The molecule has 0 radical (unpaired) electrons. The zero-order valence-corrected chi connectivity index (χ0v) is 15.5. The Balaban J connectivity index is 1.61. The molecule has 4 rings (SSSR count). The Bertz CT molecular complexity index is 1100. The molecule has 0 aliphatic heterocycles. The van der Waals surface area contributed by atoms with E-state index < -0.39 is 0 Å². The second kappa shape index (κ2) is 7.12. The van der Waals surface area contributed by atoms with Crippen LogP contribution >= 0.6 is 11.8 Å². The standard InChI is InChI=1S/C18H17N7OS/c1-11-9-15(24-23-11)21-16-10-17(22-18-19-7-8-25(16)18)27-14-5-3-13(4-6-14)20-12(2)26/h3-10H,1-2H3,(H,20,26)(H2,21,23,24). The highest BCUT2D eigenvalue weighted by Gasteiger charge is 2.09. The average molecular weight is 379 g/mol. The Morgan fingerprint density at radius 1 is 1.22 bits per heavy atom. The first-order valence-electron chi connectivity index (χ1n) is 8.25. The summed E-state index contributed by atoms with van der Waals surface area (Å²) in [5.74, 6) is 2.06. The molecule has 0 bridgehead atoms. The highest BCUT2D eigenvalue weighted by atomic mass is 32.2. The third kappa shape index (κ3) is 3.93. The van der Waals surface area contributed by atoms with E-state index >= 15 is 0 Å². The van der Waals surface area contributed by atoms with Crippen molar-refractivity contribution in [1.29, 1.82) is 0 Å². The summed E-state index contributed by atoms with van der Waals surface area (Å²) in [6, 6.07) is 11.5. The van der Waals surface area contributed by atoms with Crippen LogP contribution in [0.5, 0.6) is 0 Å². The lowest BCUT2D eigenvalue weighted by atomic mass is 10.3. The SMILES string of the molecule is CC(=O)Nc1ccc(Sc2cc(Nc3cc(C)[nH]n3)n3ccnc3n2)cc1. The summed E-state index contributed by atoms with van der Waals surface area (Å²) < 4.78 is 1.87. The topological polar surface area (TPSA) is 100 Å². The van der Waals surface area contributed by atoms with Crippen LogP contribution in [0.3, 0.4) is 0 Å². The van der Waals surface area contributed by atoms with Crippen LogP contribution in [0.15, 0.2) is 58.7 Å². The van der Waals surface area contributed by atoms with Gasteiger partial charge in [0.2, 0.25) is 11.7 Å². The van der Waals surface area contributed by atoms with E-state index in [1.54, 1.807) is 6.20 Å². The predicted octanol–water partition coefficient (Wildman–Crippen LogP) is 3.61. The largest absolute Gasteiger partial charge is 0.326 e. The van der Waals surface area contributed by atoms with E-state index in [1.165, 1.54) is 18.7 Å². The van der Waals surface area contributed by atoms with Crippen molar-refractivity contribution >= 4 is 40.8 Å². The molecule has 1 amide bonds. The van der Waals surface area contributed by atoms with Crippen molar-refractivity contribution in [3.05, 3.63) is 54.5 Å². The number of imidazole rings is 1. The molecular weight excluding hydrogens is 362 g/mol. The molecule has 3 N–H and O–H groups in total. The Hall–Kier alpha value is -3.33. The number of aromatic nitrogens is 5. The molecule has 8 nitrogen and oxygen atoms in total. The van der Waals surface area contributed by atoms with Gasteiger partial charge in [-0.1, -0.05) is 11.8 Å². The summed E-state index contributed by atoms with van der Waals surface area (Å²) in [5.41, 5.74) is 1.74. The van der Waals surface area contributed by atoms with Crippen molar-refractivity contribution in [1.82, 2.24) is 24.6 Å². The lowest BCUT2D eigenvalue weighted by Gasteiger charge is -2.09. The number of rotatable bonds is 5. The molecule has 4 aromatic rings. The van der Waals surface area contributed by atoms with E-state index in [0.29, 0.717) is 5.78 Å². The number of H-pyrrole nitrogens is 1. The first-order chi connectivity index (χ1) is 13.1. The van der Waals surface area contributed by atoms with Crippen molar-refractivity contribution < 1.29 is 4.79 Å². The van der Waals surface area contributed by atoms with E-state index in [4.69, 9.17) is 0 Å². The minimum atomic E-state index is -0.0915. The van der Waals surface area contributed by atoms with Crippen LogP contribution in [0.25, 0.3) is 5.78 Å². The molecule has 1 aromatic carbocycles. The Kier molecular flexibility index (Phi) is 4.51. The van der Waals surface area contributed by atoms with E-state index in [2.05, 4.69) is 30.8 Å². The molecule has 3 heterocycles. The summed E-state index contributed by atoms with van der Waals surface area (Å²) in [5, 5.41) is 14.0. The number of anilines is 3. The van der Waals surface area contributed by atoms with Gasteiger partial charge in [-0.05, 0) is 31.2 Å². The van der Waals surface area contributed by atoms with Crippen molar-refractivity contribution in [3.63, 3.8) is 0 Å². The van der Waals surface area contributed by atoms with Crippen molar-refractivity contribution in [3.8, 4) is 0 Å². The molecule has 0 aliphatic carbocycles. The molecule has 136 valence electrons. The number of nitrogens with one attached hydrogen (secondary N) is 3. The van der Waals surface area contributed by atoms with Gasteiger partial charge in [-0.15, -0.1) is 0 Å². The van der Waals surface area contributed by atoms with Gasteiger partial charge in [-0.25, -0.2) is 9.97 Å². The number of nitrogens with zero attached hydrogens (tertiary/aromatic N) is 4. The fourth-order valence-electron chi connectivity index (χ4n) is 2.58. The van der Waals surface area contributed by atoms with E-state index in [0.717, 1.165) is 32.9 Å². The van der Waals surface area contributed by atoms with Crippen LogP contribution in [0, 0.1) is 6.92 Å². The van der Waals surface area contributed by atoms with Gasteiger partial charge in [0.1, 0.15) is 10.8 Å². The maximum atomic E-state index is 11.1. The molecule has 0 saturated carbocycles. The van der Waals surface area contributed by atoms with E-state index in [-0.39, 0.29) is 5.91 Å². The maximum absolute atomic E-state index is 11.1. The molecule has 27 heavy (non-hydrogen) atoms. The summed E-state index contributed by atoms with van der Waals surface area (Å²) in [6.07, 6.45) is 3.56. The fourth-order valence-corrected chi connectivity index (χ4v) is 3.39. The van der Waals surface area contributed by atoms with Gasteiger partial charge in [-0.3, -0.25) is 14.3 Å². The summed E-state index contributed by atoms with van der Waals surface area (Å²) in [7, 11) is 0. The number of hydrogen-bond donors (Lipinski definition) is 3. The van der Waals surface area contributed by atoms with Crippen LogP contribution in [0.4, 0.5) is 17.3 Å². The van der Waals surface area contributed by atoms with Gasteiger partial charge < -0.3 is 10.6 Å². The molecule has 0 aliphatic rings. The normalized spacial score (nSPS) is 10.9. The van der Waals surface area contributed by atoms with Gasteiger partial charge in [0.15, 0.2) is 5.82 Å². The molecule has 3 aromatic heterocycles. The molecule has 0 atom stereocenters. The molecule has 0 saturated heterocycles. The van der Waals surface area contributed by atoms with Gasteiger partial charge in [0.05, 0.1) is 0 Å². The first kappa shape index (κ1) is 17.1. The maximum Gasteiger partial charge on any atom is 0.236 e. The molecular formula is C18H17N7OS. The Morgan fingerprint density at radius 2 is 2.04 bits per heavy atom. The lowest BCUT2D eigenvalue weighted by Crippen LogP contribution is -2.05. The van der Waals surface area contributed by atoms with Crippen molar-refractivity contribution in [2.75, 3.05) is 10.6 Å². The lowest BCUT2D eigenvalue weighted by molar-refractivity contribution is -0.114. The third-order valence-electron chi connectivity index (χ3n) is 3.71. The highest BCUT2D eigenvalue weighted by molar-refractivity contribution is 7.99. The predicted molar refractivity (Wildman–Crippen MR) is 104 cm³/mol. The van der Waals surface area contributed by atoms with Crippen LogP contribution in [-0.4, -0.2) is 30.5 Å². The number of hydrogen-bond acceptors (Lipinski definition) is 6. The number of aromatic amines is 1. The zero-order valence-electron chi connectivity index (χ0n) is 14.7. The average Bonchev–Trinajstić information content (AvgIpc) is 3.25. The van der Waals surface area contributed by atoms with E-state index in [9.17, 15) is 4.79 Å². The second-order valence-corrected chi connectivity index (χ2v) is 7.04. The van der Waals surface area contributed by atoms with Crippen LogP contribution in [0.2, 0.25) is 0 Å². The Labute approximate surface area is 159 Å². The zero-order chi connectivity index (χ0) is 18.8. The summed E-state index contributed by atoms with van der Waals surface area (Å²) >= 11 is 1.52. The number of amides is 1. The number of benzene rings is 1. The minimum absolute atomic E-state index is 0.0915. The Morgan fingerprint density at radius 3 is 2.74 bits per heavy atom. The van der Waals surface area contributed by atoms with Gasteiger partial charge in [0.25, 0.3) is 0 Å².